The Bertz CT molecular complexity index is 838. The molecule has 2 aromatic carbocycles. The first-order valence-electron chi connectivity index (χ1n) is 7.88. The van der Waals surface area contributed by atoms with Crippen molar-refractivity contribution in [3.05, 3.63) is 63.8 Å². The van der Waals surface area contributed by atoms with Crippen molar-refractivity contribution in [3.8, 4) is 5.75 Å². The number of hydrogen-bond donors (Lipinski definition) is 3. The van der Waals surface area contributed by atoms with Gasteiger partial charge in [0.05, 0.1) is 0 Å². The highest BCUT2D eigenvalue weighted by Gasteiger charge is 2.20. The lowest BCUT2D eigenvalue weighted by Gasteiger charge is -2.19. The number of carbonyl (C=O) groups excluding carboxylic acids is 1. The van der Waals surface area contributed by atoms with Gasteiger partial charge < -0.3 is 14.9 Å². The Morgan fingerprint density at radius 1 is 1.26 bits per heavy atom. The van der Waals surface area contributed by atoms with Crippen molar-refractivity contribution >= 4 is 52.1 Å². The van der Waals surface area contributed by atoms with Crippen molar-refractivity contribution in [2.24, 2.45) is 0 Å². The molecule has 0 unspecified atom stereocenters. The molecule has 1 atom stereocenters. The average molecular weight is 499 g/mol. The number of benzene rings is 2. The van der Waals surface area contributed by atoms with Crippen LogP contribution >= 0.6 is 34.4 Å². The zero-order valence-corrected chi connectivity index (χ0v) is 17.4. The summed E-state index contributed by atoms with van der Waals surface area (Å²) in [6.07, 6.45) is 2.89. The Labute approximate surface area is 174 Å². The molecule has 0 aliphatic carbocycles. The number of carboxylic acids is 1. The maximum Gasteiger partial charge on any atom is 0.412 e. The van der Waals surface area contributed by atoms with E-state index in [1.54, 1.807) is 36.0 Å². The van der Waals surface area contributed by atoms with Crippen molar-refractivity contribution in [2.75, 3.05) is 11.6 Å². The van der Waals surface area contributed by atoms with E-state index < -0.39 is 18.2 Å². The number of carbonyl (C=O) groups is 2. The normalized spacial score (nSPS) is 11.9. The summed E-state index contributed by atoms with van der Waals surface area (Å²) < 4.78 is 6.30. The predicted molar refractivity (Wildman–Crippen MR) is 113 cm³/mol. The zero-order chi connectivity index (χ0) is 19.8. The number of anilines is 1. The molecule has 142 valence electrons. The lowest BCUT2D eigenvalue weighted by Crippen LogP contribution is -2.17. The first-order valence-corrected chi connectivity index (χ1v) is 10.2. The summed E-state index contributed by atoms with van der Waals surface area (Å²) in [6.45, 7) is 0. The molecule has 0 radical (unpaired) electrons. The van der Waals surface area contributed by atoms with Gasteiger partial charge in [-0.05, 0) is 71.3 Å². The standard InChI is InChI=1S/C19H18INO5S/c1-27-14-8-6-13(7-9-14)21-19(25)26-17(3-2-4-18(23)24)15-11-12(20)5-10-16(15)22/h2,4-11,17,22H,3H2,1H3,(H,21,25)(H,23,24)/b4-2+/t17-/m0/s1. The molecule has 27 heavy (non-hydrogen) atoms. The van der Waals surface area contributed by atoms with E-state index in [-0.39, 0.29) is 12.2 Å². The molecule has 3 N–H and O–H groups in total. The van der Waals surface area contributed by atoms with Gasteiger partial charge in [-0.25, -0.2) is 9.59 Å². The second-order valence-corrected chi connectivity index (χ2v) is 7.55. The molecule has 0 aromatic heterocycles. The molecular formula is C19H18INO5S. The molecule has 0 aliphatic rings. The SMILES string of the molecule is CSc1ccc(NC(=O)O[C@@H](C/C=C/C(=O)O)c2cc(I)ccc2O)cc1. The smallest absolute Gasteiger partial charge is 0.412 e. The van der Waals surface area contributed by atoms with E-state index in [9.17, 15) is 14.7 Å². The Balaban J connectivity index is 2.15. The minimum Gasteiger partial charge on any atom is -0.508 e. The van der Waals surface area contributed by atoms with Gasteiger partial charge in [-0.15, -0.1) is 11.8 Å². The lowest BCUT2D eigenvalue weighted by molar-refractivity contribution is -0.131. The van der Waals surface area contributed by atoms with Crippen LogP contribution in [-0.2, 0) is 9.53 Å². The fraction of sp³-hybridized carbons (Fsp3) is 0.158. The monoisotopic (exact) mass is 499 g/mol. The number of halogens is 1. The molecule has 0 fully saturated rings. The number of hydrogen-bond acceptors (Lipinski definition) is 5. The fourth-order valence-corrected chi connectivity index (χ4v) is 3.19. The van der Waals surface area contributed by atoms with E-state index in [1.165, 1.54) is 12.1 Å². The van der Waals surface area contributed by atoms with Gasteiger partial charge in [0.2, 0.25) is 0 Å². The van der Waals surface area contributed by atoms with Crippen molar-refractivity contribution in [1.29, 1.82) is 0 Å². The molecule has 1 amide bonds. The fourth-order valence-electron chi connectivity index (χ4n) is 2.27. The summed E-state index contributed by atoms with van der Waals surface area (Å²) in [5.41, 5.74) is 0.981. The van der Waals surface area contributed by atoms with Crippen molar-refractivity contribution in [2.45, 2.75) is 17.4 Å². The largest absolute Gasteiger partial charge is 0.508 e. The second kappa shape index (κ2) is 10.2. The van der Waals surface area contributed by atoms with Gasteiger partial charge in [-0.2, -0.15) is 0 Å². The van der Waals surface area contributed by atoms with E-state index in [1.807, 2.05) is 18.4 Å². The third-order valence-corrected chi connectivity index (χ3v) is 4.95. The van der Waals surface area contributed by atoms with Gasteiger partial charge in [0, 0.05) is 32.2 Å². The molecule has 0 heterocycles. The van der Waals surface area contributed by atoms with Crippen LogP contribution in [0.3, 0.4) is 0 Å². The third-order valence-electron chi connectivity index (χ3n) is 3.53. The quantitative estimate of drug-likeness (QED) is 0.281. The van der Waals surface area contributed by atoms with Crippen LogP contribution in [0.5, 0.6) is 5.75 Å². The van der Waals surface area contributed by atoms with Crippen LogP contribution in [0.15, 0.2) is 59.5 Å². The van der Waals surface area contributed by atoms with Crippen LogP contribution in [-0.4, -0.2) is 28.5 Å². The van der Waals surface area contributed by atoms with Crippen LogP contribution in [0.25, 0.3) is 0 Å². The van der Waals surface area contributed by atoms with Gasteiger partial charge in [-0.3, -0.25) is 5.32 Å². The maximum absolute atomic E-state index is 12.3. The summed E-state index contributed by atoms with van der Waals surface area (Å²) in [5.74, 6) is -1.12. The Hall–Kier alpha value is -2.20. The summed E-state index contributed by atoms with van der Waals surface area (Å²) in [4.78, 5) is 24.0. The summed E-state index contributed by atoms with van der Waals surface area (Å²) in [5, 5.41) is 21.5. The van der Waals surface area contributed by atoms with Crippen LogP contribution in [0, 0.1) is 3.57 Å². The number of aliphatic carboxylic acids is 1. The molecule has 0 spiro atoms. The minimum absolute atomic E-state index is 0.0266. The van der Waals surface area contributed by atoms with Gasteiger partial charge in [0.1, 0.15) is 11.9 Å². The minimum atomic E-state index is -1.10. The maximum atomic E-state index is 12.3. The molecule has 2 aromatic rings. The van der Waals surface area contributed by atoms with Gasteiger partial charge >= 0.3 is 12.1 Å². The first-order chi connectivity index (χ1) is 12.9. The van der Waals surface area contributed by atoms with Crippen LogP contribution < -0.4 is 5.32 Å². The van der Waals surface area contributed by atoms with Gasteiger partial charge in [0.25, 0.3) is 0 Å². The topological polar surface area (TPSA) is 95.9 Å². The number of carboxylic acid groups (broad SMARTS) is 1. The van der Waals surface area contributed by atoms with Gasteiger partial charge in [-0.1, -0.05) is 6.08 Å². The van der Waals surface area contributed by atoms with E-state index in [0.29, 0.717) is 11.3 Å². The molecule has 0 saturated heterocycles. The molecule has 2 rings (SSSR count). The number of rotatable bonds is 7. The van der Waals surface area contributed by atoms with Crippen molar-refractivity contribution in [1.82, 2.24) is 0 Å². The van der Waals surface area contributed by atoms with Crippen molar-refractivity contribution in [3.63, 3.8) is 0 Å². The number of nitrogens with one attached hydrogen (secondary N) is 1. The van der Waals surface area contributed by atoms with Crippen LogP contribution in [0.1, 0.15) is 18.1 Å². The average Bonchev–Trinajstić information content (AvgIpc) is 2.63. The number of phenolic OH excluding ortho intramolecular Hbond substituents is 1. The summed E-state index contributed by atoms with van der Waals surface area (Å²) in [7, 11) is 0. The first kappa shape index (κ1) is 21.1. The molecular weight excluding hydrogens is 481 g/mol. The van der Waals surface area contributed by atoms with Crippen molar-refractivity contribution < 1.29 is 24.5 Å². The third kappa shape index (κ3) is 6.79. The lowest BCUT2D eigenvalue weighted by atomic mass is 10.1. The van der Waals surface area contributed by atoms with Crippen LogP contribution in [0.4, 0.5) is 10.5 Å². The summed E-state index contributed by atoms with van der Waals surface area (Å²) in [6, 6.07) is 12.2. The van der Waals surface area contributed by atoms with E-state index >= 15 is 0 Å². The van der Waals surface area contributed by atoms with Gasteiger partial charge in [0.15, 0.2) is 0 Å². The molecule has 0 aliphatic heterocycles. The highest BCUT2D eigenvalue weighted by atomic mass is 127. The number of phenols is 1. The molecule has 0 saturated carbocycles. The number of ether oxygens (including phenoxy) is 1. The molecule has 0 bridgehead atoms. The molecule has 8 heteroatoms. The Kier molecular flexibility index (Phi) is 7.99. The highest BCUT2D eigenvalue weighted by molar-refractivity contribution is 14.1. The van der Waals surface area contributed by atoms with E-state index in [0.717, 1.165) is 14.5 Å². The predicted octanol–water partition coefficient (Wildman–Crippen LogP) is 5.04. The van der Waals surface area contributed by atoms with Crippen LogP contribution in [0.2, 0.25) is 0 Å². The number of amides is 1. The highest BCUT2D eigenvalue weighted by Crippen LogP contribution is 2.31. The number of aromatic hydroxyl groups is 1. The number of thioether (sulfide) groups is 1. The van der Waals surface area contributed by atoms with E-state index in [2.05, 4.69) is 27.9 Å². The summed E-state index contributed by atoms with van der Waals surface area (Å²) >= 11 is 3.67. The second-order valence-electron chi connectivity index (χ2n) is 5.43. The Morgan fingerprint density at radius 2 is 1.96 bits per heavy atom. The molecule has 6 nitrogen and oxygen atoms in total. The zero-order valence-electron chi connectivity index (χ0n) is 14.4. The Morgan fingerprint density at radius 3 is 2.59 bits per heavy atom. The van der Waals surface area contributed by atoms with E-state index in [4.69, 9.17) is 9.84 Å².